The lowest BCUT2D eigenvalue weighted by molar-refractivity contribution is 0.0726. The van der Waals surface area contributed by atoms with Gasteiger partial charge < -0.3 is 14.6 Å². The van der Waals surface area contributed by atoms with Crippen molar-refractivity contribution in [2.45, 2.75) is 19.8 Å². The van der Waals surface area contributed by atoms with Crippen LogP contribution >= 0.6 is 0 Å². The van der Waals surface area contributed by atoms with Crippen molar-refractivity contribution in [3.8, 4) is 0 Å². The molecule has 0 spiro atoms. The van der Waals surface area contributed by atoms with E-state index in [-0.39, 0.29) is 5.91 Å². The summed E-state index contributed by atoms with van der Waals surface area (Å²) in [6, 6.07) is 1.73. The van der Waals surface area contributed by atoms with Crippen molar-refractivity contribution in [3.63, 3.8) is 0 Å². The molecular weight excluding hydrogens is 216 g/mol. The van der Waals surface area contributed by atoms with Gasteiger partial charge in [-0.1, -0.05) is 0 Å². The molecule has 0 unspecified atom stereocenters. The van der Waals surface area contributed by atoms with Gasteiger partial charge in [-0.3, -0.25) is 4.79 Å². The third kappa shape index (κ3) is 3.09. The number of nitrogens with zero attached hydrogens (tertiary/aromatic N) is 1. The highest BCUT2D eigenvalue weighted by Crippen LogP contribution is 2.15. The third-order valence-corrected chi connectivity index (χ3v) is 3.37. The molecule has 2 heterocycles. The van der Waals surface area contributed by atoms with Crippen LogP contribution in [0.15, 0.2) is 23.0 Å². The van der Waals surface area contributed by atoms with Crippen LogP contribution < -0.4 is 5.32 Å². The van der Waals surface area contributed by atoms with Gasteiger partial charge in [-0.15, -0.1) is 0 Å². The first kappa shape index (κ1) is 12.2. The van der Waals surface area contributed by atoms with Crippen LogP contribution in [-0.2, 0) is 0 Å². The number of rotatable bonds is 4. The van der Waals surface area contributed by atoms with Crippen molar-refractivity contribution in [1.82, 2.24) is 10.2 Å². The molecule has 0 aliphatic carbocycles. The van der Waals surface area contributed by atoms with Crippen LogP contribution in [0.1, 0.15) is 30.1 Å². The van der Waals surface area contributed by atoms with Gasteiger partial charge >= 0.3 is 0 Å². The summed E-state index contributed by atoms with van der Waals surface area (Å²) in [5.41, 5.74) is 0.654. The molecule has 1 fully saturated rings. The zero-order valence-electron chi connectivity index (χ0n) is 10.3. The largest absolute Gasteiger partial charge is 0.472 e. The van der Waals surface area contributed by atoms with E-state index in [1.807, 2.05) is 11.8 Å². The molecular formula is C13H20N2O2. The minimum Gasteiger partial charge on any atom is -0.472 e. The quantitative estimate of drug-likeness (QED) is 0.866. The number of amides is 1. The van der Waals surface area contributed by atoms with E-state index in [9.17, 15) is 4.79 Å². The van der Waals surface area contributed by atoms with Gasteiger partial charge in [-0.25, -0.2) is 0 Å². The van der Waals surface area contributed by atoms with Gasteiger partial charge in [0.15, 0.2) is 0 Å². The highest BCUT2D eigenvalue weighted by molar-refractivity contribution is 5.93. The lowest BCUT2D eigenvalue weighted by Gasteiger charge is -2.29. The Balaban J connectivity index is 1.93. The third-order valence-electron chi connectivity index (χ3n) is 3.37. The molecule has 1 aliphatic heterocycles. The number of hydrogen-bond donors (Lipinski definition) is 1. The second-order valence-corrected chi connectivity index (χ2v) is 4.55. The maximum Gasteiger partial charge on any atom is 0.257 e. The molecule has 4 nitrogen and oxygen atoms in total. The van der Waals surface area contributed by atoms with Crippen LogP contribution in [0, 0.1) is 5.92 Å². The fraction of sp³-hybridized carbons (Fsp3) is 0.615. The number of carbonyl (C=O) groups excluding carboxylic acids is 1. The van der Waals surface area contributed by atoms with E-state index in [0.717, 1.165) is 39.0 Å². The molecule has 1 aromatic rings. The Morgan fingerprint density at radius 3 is 2.88 bits per heavy atom. The highest BCUT2D eigenvalue weighted by Gasteiger charge is 2.21. The first-order valence-electron chi connectivity index (χ1n) is 6.33. The summed E-state index contributed by atoms with van der Waals surface area (Å²) < 4.78 is 4.96. The fourth-order valence-corrected chi connectivity index (χ4v) is 2.30. The summed E-state index contributed by atoms with van der Waals surface area (Å²) in [4.78, 5) is 14.1. The Morgan fingerprint density at radius 2 is 2.29 bits per heavy atom. The molecule has 2 rings (SSSR count). The van der Waals surface area contributed by atoms with Crippen molar-refractivity contribution in [2.75, 3.05) is 26.2 Å². The van der Waals surface area contributed by atoms with Crippen molar-refractivity contribution in [1.29, 1.82) is 0 Å². The zero-order valence-corrected chi connectivity index (χ0v) is 10.3. The first-order valence-corrected chi connectivity index (χ1v) is 6.33. The molecule has 4 heteroatoms. The van der Waals surface area contributed by atoms with Crippen molar-refractivity contribution < 1.29 is 9.21 Å². The predicted molar refractivity (Wildman–Crippen MR) is 65.9 cm³/mol. The van der Waals surface area contributed by atoms with E-state index < -0.39 is 0 Å². The molecule has 1 aromatic heterocycles. The van der Waals surface area contributed by atoms with Gasteiger partial charge in [0.25, 0.3) is 5.91 Å². The molecule has 0 radical (unpaired) electrons. The van der Waals surface area contributed by atoms with Gasteiger partial charge in [0.1, 0.15) is 6.26 Å². The molecule has 1 N–H and O–H groups in total. The van der Waals surface area contributed by atoms with Crippen molar-refractivity contribution in [2.24, 2.45) is 5.92 Å². The van der Waals surface area contributed by atoms with Crippen LogP contribution in [0.3, 0.4) is 0 Å². The van der Waals surface area contributed by atoms with Gasteiger partial charge in [0.2, 0.25) is 0 Å². The number of hydrogen-bond acceptors (Lipinski definition) is 3. The van der Waals surface area contributed by atoms with Gasteiger partial charge in [0, 0.05) is 13.1 Å². The number of carbonyl (C=O) groups is 1. The van der Waals surface area contributed by atoms with Crippen LogP contribution in [0.4, 0.5) is 0 Å². The van der Waals surface area contributed by atoms with E-state index in [1.54, 1.807) is 12.3 Å². The topological polar surface area (TPSA) is 45.5 Å². The summed E-state index contributed by atoms with van der Waals surface area (Å²) in [7, 11) is 0. The molecule has 1 saturated heterocycles. The zero-order chi connectivity index (χ0) is 12.1. The Morgan fingerprint density at radius 1 is 1.53 bits per heavy atom. The summed E-state index contributed by atoms with van der Waals surface area (Å²) in [5.74, 6) is 0.715. The first-order chi connectivity index (χ1) is 8.31. The summed E-state index contributed by atoms with van der Waals surface area (Å²) in [6.07, 6.45) is 5.39. The van der Waals surface area contributed by atoms with Gasteiger partial charge in [0.05, 0.1) is 11.8 Å². The van der Waals surface area contributed by atoms with E-state index >= 15 is 0 Å². The van der Waals surface area contributed by atoms with E-state index in [0.29, 0.717) is 11.5 Å². The van der Waals surface area contributed by atoms with Crippen molar-refractivity contribution in [3.05, 3.63) is 24.2 Å². The van der Waals surface area contributed by atoms with E-state index in [4.69, 9.17) is 4.42 Å². The number of furan rings is 1. The number of nitrogens with one attached hydrogen (secondary N) is 1. The second-order valence-electron chi connectivity index (χ2n) is 4.55. The van der Waals surface area contributed by atoms with E-state index in [1.165, 1.54) is 6.26 Å². The minimum absolute atomic E-state index is 0.0831. The summed E-state index contributed by atoms with van der Waals surface area (Å²) in [5, 5.41) is 3.34. The standard InChI is InChI=1S/C13H20N2O2/c1-2-15(9-11-3-6-14-7-4-11)13(16)12-5-8-17-10-12/h5,8,10-11,14H,2-4,6-7,9H2,1H3. The molecule has 1 amide bonds. The van der Waals surface area contributed by atoms with E-state index in [2.05, 4.69) is 5.32 Å². The Kier molecular flexibility index (Phi) is 4.20. The SMILES string of the molecule is CCN(CC1CCNCC1)C(=O)c1ccoc1. The summed E-state index contributed by atoms with van der Waals surface area (Å²) in [6.45, 7) is 5.79. The minimum atomic E-state index is 0.0831. The second kappa shape index (κ2) is 5.87. The van der Waals surface area contributed by atoms with Gasteiger partial charge in [-0.05, 0) is 44.8 Å². The molecule has 1 aliphatic rings. The maximum absolute atomic E-state index is 12.2. The monoisotopic (exact) mass is 236 g/mol. The van der Waals surface area contributed by atoms with Crippen LogP contribution in [0.5, 0.6) is 0 Å². The number of piperidine rings is 1. The Hall–Kier alpha value is -1.29. The summed E-state index contributed by atoms with van der Waals surface area (Å²) >= 11 is 0. The van der Waals surface area contributed by atoms with Crippen molar-refractivity contribution >= 4 is 5.91 Å². The smallest absolute Gasteiger partial charge is 0.257 e. The fourth-order valence-electron chi connectivity index (χ4n) is 2.30. The van der Waals surface area contributed by atoms with Crippen LogP contribution in [0.2, 0.25) is 0 Å². The van der Waals surface area contributed by atoms with Crippen LogP contribution in [-0.4, -0.2) is 37.0 Å². The maximum atomic E-state index is 12.2. The molecule has 0 aromatic carbocycles. The predicted octanol–water partition coefficient (Wildman–Crippen LogP) is 1.74. The lowest BCUT2D eigenvalue weighted by Crippen LogP contribution is -2.39. The molecule has 0 atom stereocenters. The highest BCUT2D eigenvalue weighted by atomic mass is 16.3. The normalized spacial score (nSPS) is 17.0. The molecule has 0 saturated carbocycles. The van der Waals surface area contributed by atoms with Crippen LogP contribution in [0.25, 0.3) is 0 Å². The lowest BCUT2D eigenvalue weighted by atomic mass is 9.97. The Bertz CT molecular complexity index is 342. The average molecular weight is 236 g/mol. The molecule has 0 bridgehead atoms. The molecule has 17 heavy (non-hydrogen) atoms. The average Bonchev–Trinajstić information content (AvgIpc) is 2.90. The molecule has 94 valence electrons. The van der Waals surface area contributed by atoms with Gasteiger partial charge in [-0.2, -0.15) is 0 Å². The Labute approximate surface area is 102 Å².